The summed E-state index contributed by atoms with van der Waals surface area (Å²) in [7, 11) is 1.85. The van der Waals surface area contributed by atoms with Gasteiger partial charge in [-0.2, -0.15) is 11.3 Å². The fraction of sp³-hybridized carbons (Fsp3) is 0.348. The van der Waals surface area contributed by atoms with Gasteiger partial charge in [-0.05, 0) is 57.6 Å². The molecule has 0 spiro atoms. The average Bonchev–Trinajstić information content (AvgIpc) is 3.25. The second-order valence-corrected chi connectivity index (χ2v) is 8.21. The molecule has 154 valence electrons. The van der Waals surface area contributed by atoms with Gasteiger partial charge in [0.05, 0.1) is 0 Å². The van der Waals surface area contributed by atoms with E-state index in [0.29, 0.717) is 6.04 Å². The van der Waals surface area contributed by atoms with E-state index >= 15 is 0 Å². The molecule has 3 aromatic rings. The fourth-order valence-corrected chi connectivity index (χ4v) is 4.46. The first-order valence-electron chi connectivity index (χ1n) is 9.98. The highest BCUT2D eigenvalue weighted by atomic mass is 127. The van der Waals surface area contributed by atoms with E-state index < -0.39 is 0 Å². The van der Waals surface area contributed by atoms with Crippen molar-refractivity contribution in [2.75, 3.05) is 20.1 Å². The summed E-state index contributed by atoms with van der Waals surface area (Å²) in [4.78, 5) is 6.97. The Balaban J connectivity index is 0.00000240. The molecule has 2 heterocycles. The van der Waals surface area contributed by atoms with Crippen molar-refractivity contribution in [3.8, 4) is 0 Å². The van der Waals surface area contributed by atoms with E-state index in [2.05, 4.69) is 79.8 Å². The number of likely N-dealkylation sites (tertiary alicyclic amines) is 1. The Morgan fingerprint density at radius 2 is 1.86 bits per heavy atom. The summed E-state index contributed by atoms with van der Waals surface area (Å²) in [6.07, 6.45) is 2.31. The summed E-state index contributed by atoms with van der Waals surface area (Å²) < 4.78 is 0. The molecule has 0 aliphatic carbocycles. The maximum Gasteiger partial charge on any atom is 0.191 e. The van der Waals surface area contributed by atoms with Gasteiger partial charge < -0.3 is 10.6 Å². The monoisotopic (exact) mass is 520 g/mol. The number of fused-ring (bicyclic) bond motifs is 1. The van der Waals surface area contributed by atoms with Crippen LogP contribution in [0.4, 0.5) is 0 Å². The Hall–Kier alpha value is -1.64. The topological polar surface area (TPSA) is 39.7 Å². The van der Waals surface area contributed by atoms with Gasteiger partial charge in [0.25, 0.3) is 0 Å². The molecule has 0 unspecified atom stereocenters. The van der Waals surface area contributed by atoms with Crippen molar-refractivity contribution < 1.29 is 0 Å². The quantitative estimate of drug-likeness (QED) is 0.287. The average molecular weight is 520 g/mol. The van der Waals surface area contributed by atoms with Crippen LogP contribution >= 0.6 is 35.3 Å². The number of rotatable bonds is 5. The third-order valence-corrected chi connectivity index (χ3v) is 6.14. The summed E-state index contributed by atoms with van der Waals surface area (Å²) in [6, 6.07) is 17.8. The minimum absolute atomic E-state index is 0. The molecule has 29 heavy (non-hydrogen) atoms. The largest absolute Gasteiger partial charge is 0.354 e. The van der Waals surface area contributed by atoms with Crippen LogP contribution < -0.4 is 10.6 Å². The third-order valence-electron chi connectivity index (χ3n) is 5.41. The van der Waals surface area contributed by atoms with Gasteiger partial charge in [0.15, 0.2) is 5.96 Å². The van der Waals surface area contributed by atoms with Gasteiger partial charge in [0, 0.05) is 39.3 Å². The fourth-order valence-electron chi connectivity index (χ4n) is 3.80. The van der Waals surface area contributed by atoms with Crippen LogP contribution in [-0.4, -0.2) is 37.0 Å². The van der Waals surface area contributed by atoms with Crippen LogP contribution in [0, 0.1) is 0 Å². The smallest absolute Gasteiger partial charge is 0.191 e. The Morgan fingerprint density at radius 1 is 1.07 bits per heavy atom. The molecule has 6 heteroatoms. The lowest BCUT2D eigenvalue weighted by molar-refractivity contribution is 0.198. The maximum absolute atomic E-state index is 4.42. The van der Waals surface area contributed by atoms with Crippen LogP contribution in [0.1, 0.15) is 24.0 Å². The van der Waals surface area contributed by atoms with Crippen molar-refractivity contribution in [3.05, 3.63) is 70.4 Å². The molecule has 0 saturated carbocycles. The van der Waals surface area contributed by atoms with E-state index in [9.17, 15) is 0 Å². The highest BCUT2D eigenvalue weighted by Crippen LogP contribution is 2.17. The molecule has 2 N–H and O–H groups in total. The molecule has 0 radical (unpaired) electrons. The number of hydrogen-bond donors (Lipinski definition) is 2. The van der Waals surface area contributed by atoms with Crippen molar-refractivity contribution in [1.29, 1.82) is 0 Å². The highest BCUT2D eigenvalue weighted by molar-refractivity contribution is 14.0. The number of nitrogens with one attached hydrogen (secondary N) is 2. The van der Waals surface area contributed by atoms with E-state index in [1.807, 2.05) is 7.05 Å². The SMILES string of the molecule is CN=C(NCc1ccc2ccccc2c1)NC1CCN(Cc2ccsc2)CC1.I. The first-order chi connectivity index (χ1) is 13.8. The summed E-state index contributed by atoms with van der Waals surface area (Å²) in [6.45, 7) is 4.12. The number of hydrogen-bond acceptors (Lipinski definition) is 3. The minimum Gasteiger partial charge on any atom is -0.354 e. The van der Waals surface area contributed by atoms with Crippen molar-refractivity contribution >= 4 is 52.0 Å². The summed E-state index contributed by atoms with van der Waals surface area (Å²) in [5.74, 6) is 0.893. The zero-order chi connectivity index (χ0) is 19.2. The van der Waals surface area contributed by atoms with Gasteiger partial charge in [0.1, 0.15) is 0 Å². The van der Waals surface area contributed by atoms with Gasteiger partial charge in [-0.3, -0.25) is 9.89 Å². The maximum atomic E-state index is 4.42. The lowest BCUT2D eigenvalue weighted by Gasteiger charge is -2.33. The third kappa shape index (κ3) is 6.17. The molecule has 1 aliphatic heterocycles. The van der Waals surface area contributed by atoms with Crippen LogP contribution in [0.5, 0.6) is 0 Å². The number of thiophene rings is 1. The number of benzene rings is 2. The number of nitrogens with zero attached hydrogens (tertiary/aromatic N) is 2. The molecule has 4 nitrogen and oxygen atoms in total. The van der Waals surface area contributed by atoms with Gasteiger partial charge in [-0.25, -0.2) is 0 Å². The lowest BCUT2D eigenvalue weighted by atomic mass is 10.0. The van der Waals surface area contributed by atoms with Gasteiger partial charge >= 0.3 is 0 Å². The molecule has 1 aromatic heterocycles. The van der Waals surface area contributed by atoms with E-state index in [4.69, 9.17) is 0 Å². The predicted octanol–water partition coefficient (Wildman–Crippen LogP) is 4.85. The van der Waals surface area contributed by atoms with Crippen LogP contribution in [0.15, 0.2) is 64.3 Å². The number of aliphatic imine (C=N–C) groups is 1. The number of piperidine rings is 1. The molecule has 1 saturated heterocycles. The zero-order valence-corrected chi connectivity index (χ0v) is 20.0. The standard InChI is InChI=1S/C23H28N4S.HI/c1-24-23(25-15-18-6-7-20-4-2-3-5-21(20)14-18)26-22-8-11-27(12-9-22)16-19-10-13-28-17-19;/h2-7,10,13-14,17,22H,8-9,11-12,15-16H2,1H3,(H2,24,25,26);1H. The first-order valence-corrected chi connectivity index (χ1v) is 10.9. The molecule has 1 fully saturated rings. The van der Waals surface area contributed by atoms with E-state index in [0.717, 1.165) is 45.0 Å². The molecule has 1 aliphatic rings. The molecular weight excluding hydrogens is 491 g/mol. The van der Waals surface area contributed by atoms with Crippen LogP contribution in [0.3, 0.4) is 0 Å². The molecule has 0 atom stereocenters. The minimum atomic E-state index is 0. The second-order valence-electron chi connectivity index (χ2n) is 7.43. The van der Waals surface area contributed by atoms with Gasteiger partial charge in [0.2, 0.25) is 0 Å². The number of halogens is 1. The normalized spacial score (nSPS) is 15.8. The molecule has 0 bridgehead atoms. The Morgan fingerprint density at radius 3 is 2.59 bits per heavy atom. The Kier molecular flexibility index (Phi) is 8.32. The van der Waals surface area contributed by atoms with Crippen molar-refractivity contribution in [2.24, 2.45) is 4.99 Å². The van der Waals surface area contributed by atoms with Crippen LogP contribution in [0.25, 0.3) is 10.8 Å². The van der Waals surface area contributed by atoms with Crippen LogP contribution in [0.2, 0.25) is 0 Å². The number of guanidine groups is 1. The molecule has 0 amide bonds. The molecular formula is C23H29IN4S. The van der Waals surface area contributed by atoms with Gasteiger partial charge in [-0.15, -0.1) is 24.0 Å². The van der Waals surface area contributed by atoms with Crippen molar-refractivity contribution in [1.82, 2.24) is 15.5 Å². The first kappa shape index (κ1) is 22.1. The molecule has 2 aromatic carbocycles. The van der Waals surface area contributed by atoms with E-state index in [1.165, 1.54) is 21.9 Å². The lowest BCUT2D eigenvalue weighted by Crippen LogP contribution is -2.48. The van der Waals surface area contributed by atoms with Crippen molar-refractivity contribution in [3.63, 3.8) is 0 Å². The zero-order valence-electron chi connectivity index (χ0n) is 16.8. The summed E-state index contributed by atoms with van der Waals surface area (Å²) in [5.41, 5.74) is 2.71. The second kappa shape index (κ2) is 10.9. The summed E-state index contributed by atoms with van der Waals surface area (Å²) >= 11 is 1.78. The highest BCUT2D eigenvalue weighted by Gasteiger charge is 2.20. The van der Waals surface area contributed by atoms with Crippen molar-refractivity contribution in [2.45, 2.75) is 32.0 Å². The van der Waals surface area contributed by atoms with E-state index in [1.54, 1.807) is 11.3 Å². The predicted molar refractivity (Wildman–Crippen MR) is 135 cm³/mol. The van der Waals surface area contributed by atoms with Crippen LogP contribution in [-0.2, 0) is 13.1 Å². The molecule has 4 rings (SSSR count). The summed E-state index contributed by atoms with van der Waals surface area (Å²) in [5, 5.41) is 14.1. The Bertz CT molecular complexity index is 918. The van der Waals surface area contributed by atoms with E-state index in [-0.39, 0.29) is 24.0 Å². The van der Waals surface area contributed by atoms with Gasteiger partial charge in [-0.1, -0.05) is 36.4 Å². The Labute approximate surface area is 194 Å².